The van der Waals surface area contributed by atoms with Crippen LogP contribution in [0.15, 0.2) is 47.6 Å². The molecule has 0 aromatic heterocycles. The fourth-order valence-corrected chi connectivity index (χ4v) is 2.84. The number of amides is 2. The largest absolute Gasteiger partial charge is 0.497 e. The molecule has 8 heteroatoms. The number of benzene rings is 2. The van der Waals surface area contributed by atoms with Crippen molar-refractivity contribution in [1.29, 1.82) is 0 Å². The van der Waals surface area contributed by atoms with Gasteiger partial charge in [-0.3, -0.25) is 9.59 Å². The lowest BCUT2D eigenvalue weighted by atomic mass is 10.0. The average molecular weight is 432 g/mol. The fourth-order valence-electron chi connectivity index (χ4n) is 2.71. The predicted molar refractivity (Wildman–Crippen MR) is 117 cm³/mol. The third-order valence-electron chi connectivity index (χ3n) is 4.25. The van der Waals surface area contributed by atoms with Crippen LogP contribution in [0.5, 0.6) is 11.5 Å². The monoisotopic (exact) mass is 431 g/mol. The molecule has 2 rings (SSSR count). The molecule has 0 fully saturated rings. The van der Waals surface area contributed by atoms with Gasteiger partial charge in [-0.05, 0) is 48.7 Å². The van der Waals surface area contributed by atoms with E-state index < -0.39 is 11.9 Å². The highest BCUT2D eigenvalue weighted by Gasteiger charge is 2.22. The van der Waals surface area contributed by atoms with Crippen LogP contribution >= 0.6 is 11.6 Å². The van der Waals surface area contributed by atoms with Gasteiger partial charge in [0.1, 0.15) is 17.5 Å². The Hall–Kier alpha value is -3.06. The molecule has 0 saturated heterocycles. The van der Waals surface area contributed by atoms with Gasteiger partial charge in [0.15, 0.2) is 0 Å². The van der Waals surface area contributed by atoms with Crippen molar-refractivity contribution in [2.24, 2.45) is 11.0 Å². The van der Waals surface area contributed by atoms with E-state index in [1.54, 1.807) is 49.6 Å². The van der Waals surface area contributed by atoms with Crippen molar-refractivity contribution in [2.75, 3.05) is 14.2 Å². The summed E-state index contributed by atoms with van der Waals surface area (Å²) in [7, 11) is 3.10. The second-order valence-electron chi connectivity index (χ2n) is 7.00. The molecule has 30 heavy (non-hydrogen) atoms. The molecule has 2 aromatic carbocycles. The summed E-state index contributed by atoms with van der Waals surface area (Å²) in [6.45, 7) is 3.94. The van der Waals surface area contributed by atoms with Crippen LogP contribution in [0, 0.1) is 5.92 Å². The Kier molecular flexibility index (Phi) is 8.68. The normalized spacial score (nSPS) is 11.9. The van der Waals surface area contributed by atoms with Crippen molar-refractivity contribution in [3.63, 3.8) is 0 Å². The van der Waals surface area contributed by atoms with E-state index in [0.29, 0.717) is 34.1 Å². The summed E-state index contributed by atoms with van der Waals surface area (Å²) < 4.78 is 10.5. The van der Waals surface area contributed by atoms with Crippen molar-refractivity contribution in [2.45, 2.75) is 26.3 Å². The summed E-state index contributed by atoms with van der Waals surface area (Å²) in [6, 6.07) is 11.0. The first-order chi connectivity index (χ1) is 14.3. The van der Waals surface area contributed by atoms with Gasteiger partial charge in [0.2, 0.25) is 0 Å². The van der Waals surface area contributed by atoms with E-state index >= 15 is 0 Å². The quantitative estimate of drug-likeness (QED) is 0.468. The standard InChI is InChI=1S/C22H26ClN3O4/c1-14(2)11-19(25-21(27)15-5-8-17(23)9-6-15)22(28)26-24-13-16-7-10-18(29-3)12-20(16)30-4/h5-10,12-14,19H,11H2,1-4H3,(H,25,27)(H,26,28)/b24-13+. The van der Waals surface area contributed by atoms with Crippen molar-refractivity contribution in [3.8, 4) is 11.5 Å². The van der Waals surface area contributed by atoms with Gasteiger partial charge in [0.25, 0.3) is 11.8 Å². The SMILES string of the molecule is COc1ccc(/C=N/NC(=O)C(CC(C)C)NC(=O)c2ccc(Cl)cc2)c(OC)c1. The lowest BCUT2D eigenvalue weighted by Crippen LogP contribution is -2.46. The van der Waals surface area contributed by atoms with Crippen molar-refractivity contribution >= 4 is 29.6 Å². The number of halogens is 1. The maximum Gasteiger partial charge on any atom is 0.262 e. The summed E-state index contributed by atoms with van der Waals surface area (Å²) in [5.41, 5.74) is 3.58. The number of hydrogen-bond donors (Lipinski definition) is 2. The van der Waals surface area contributed by atoms with Gasteiger partial charge in [-0.25, -0.2) is 5.43 Å². The molecule has 0 saturated carbocycles. The summed E-state index contributed by atoms with van der Waals surface area (Å²) >= 11 is 5.86. The second kappa shape index (κ2) is 11.2. The number of nitrogens with zero attached hydrogens (tertiary/aromatic N) is 1. The molecule has 160 valence electrons. The van der Waals surface area contributed by atoms with Crippen LogP contribution in [0.4, 0.5) is 0 Å². The Morgan fingerprint density at radius 2 is 1.80 bits per heavy atom. The van der Waals surface area contributed by atoms with Gasteiger partial charge in [0.05, 0.1) is 20.4 Å². The Morgan fingerprint density at radius 1 is 1.10 bits per heavy atom. The molecule has 0 spiro atoms. The number of hydrogen-bond acceptors (Lipinski definition) is 5. The Morgan fingerprint density at radius 3 is 2.40 bits per heavy atom. The van der Waals surface area contributed by atoms with E-state index in [1.165, 1.54) is 13.3 Å². The van der Waals surface area contributed by atoms with Gasteiger partial charge < -0.3 is 14.8 Å². The minimum Gasteiger partial charge on any atom is -0.497 e. The summed E-state index contributed by atoms with van der Waals surface area (Å²) in [6.07, 6.45) is 1.94. The zero-order chi connectivity index (χ0) is 22.1. The first-order valence-electron chi connectivity index (χ1n) is 9.45. The number of hydrazone groups is 1. The second-order valence-corrected chi connectivity index (χ2v) is 7.44. The number of nitrogens with one attached hydrogen (secondary N) is 2. The first-order valence-corrected chi connectivity index (χ1v) is 9.83. The minimum atomic E-state index is -0.733. The average Bonchev–Trinajstić information content (AvgIpc) is 2.73. The smallest absolute Gasteiger partial charge is 0.262 e. The number of carbonyl (C=O) groups excluding carboxylic acids is 2. The topological polar surface area (TPSA) is 89.0 Å². The van der Waals surface area contributed by atoms with E-state index in [1.807, 2.05) is 13.8 Å². The maximum atomic E-state index is 12.6. The molecule has 2 aromatic rings. The van der Waals surface area contributed by atoms with Gasteiger partial charge in [-0.1, -0.05) is 25.4 Å². The van der Waals surface area contributed by atoms with E-state index in [4.69, 9.17) is 21.1 Å². The molecule has 0 heterocycles. The third-order valence-corrected chi connectivity index (χ3v) is 4.51. The first kappa shape index (κ1) is 23.2. The summed E-state index contributed by atoms with van der Waals surface area (Å²) in [5, 5.41) is 7.31. The highest BCUT2D eigenvalue weighted by Crippen LogP contribution is 2.23. The predicted octanol–water partition coefficient (Wildman–Crippen LogP) is 3.65. The summed E-state index contributed by atoms with van der Waals surface area (Å²) in [5.74, 6) is 0.636. The van der Waals surface area contributed by atoms with E-state index in [-0.39, 0.29) is 11.8 Å². The van der Waals surface area contributed by atoms with E-state index in [2.05, 4.69) is 15.8 Å². The highest BCUT2D eigenvalue weighted by molar-refractivity contribution is 6.30. The van der Waals surface area contributed by atoms with E-state index in [0.717, 1.165) is 0 Å². The highest BCUT2D eigenvalue weighted by atomic mass is 35.5. The zero-order valence-corrected chi connectivity index (χ0v) is 18.2. The molecule has 0 aliphatic rings. The van der Waals surface area contributed by atoms with Crippen molar-refractivity contribution in [3.05, 3.63) is 58.6 Å². The zero-order valence-electron chi connectivity index (χ0n) is 17.4. The number of methoxy groups -OCH3 is 2. The molecular formula is C22H26ClN3O4. The Balaban J connectivity index is 2.07. The molecule has 0 bridgehead atoms. The van der Waals surface area contributed by atoms with Crippen LogP contribution < -0.4 is 20.2 Å². The molecule has 7 nitrogen and oxygen atoms in total. The van der Waals surface area contributed by atoms with Gasteiger partial charge >= 0.3 is 0 Å². The van der Waals surface area contributed by atoms with Gasteiger partial charge in [0, 0.05) is 22.2 Å². The van der Waals surface area contributed by atoms with Crippen LogP contribution in [-0.4, -0.2) is 38.3 Å². The number of rotatable bonds is 9. The Bertz CT molecular complexity index is 898. The van der Waals surface area contributed by atoms with Crippen LogP contribution in [0.2, 0.25) is 5.02 Å². The van der Waals surface area contributed by atoms with Gasteiger partial charge in [-0.15, -0.1) is 0 Å². The van der Waals surface area contributed by atoms with E-state index in [9.17, 15) is 9.59 Å². The minimum absolute atomic E-state index is 0.192. The van der Waals surface area contributed by atoms with Crippen LogP contribution in [-0.2, 0) is 4.79 Å². The molecule has 2 amide bonds. The van der Waals surface area contributed by atoms with Crippen molar-refractivity contribution < 1.29 is 19.1 Å². The molecular weight excluding hydrogens is 406 g/mol. The Labute approximate surface area is 181 Å². The molecule has 0 radical (unpaired) electrons. The maximum absolute atomic E-state index is 12.6. The van der Waals surface area contributed by atoms with Crippen molar-refractivity contribution in [1.82, 2.24) is 10.7 Å². The molecule has 1 unspecified atom stereocenters. The lowest BCUT2D eigenvalue weighted by Gasteiger charge is -2.19. The van der Waals surface area contributed by atoms with Crippen LogP contribution in [0.1, 0.15) is 36.2 Å². The van der Waals surface area contributed by atoms with Crippen LogP contribution in [0.3, 0.4) is 0 Å². The molecule has 0 aliphatic heterocycles. The number of ether oxygens (including phenoxy) is 2. The van der Waals surface area contributed by atoms with Gasteiger partial charge in [-0.2, -0.15) is 5.10 Å². The fraction of sp³-hybridized carbons (Fsp3) is 0.318. The number of carbonyl (C=O) groups is 2. The lowest BCUT2D eigenvalue weighted by molar-refractivity contribution is -0.123. The summed E-state index contributed by atoms with van der Waals surface area (Å²) in [4.78, 5) is 25.1. The third kappa shape index (κ3) is 6.77. The van der Waals surface area contributed by atoms with Crippen LogP contribution in [0.25, 0.3) is 0 Å². The molecule has 2 N–H and O–H groups in total. The molecule has 0 aliphatic carbocycles. The molecule has 1 atom stereocenters.